The van der Waals surface area contributed by atoms with Crippen LogP contribution in [0, 0.1) is 5.41 Å². The van der Waals surface area contributed by atoms with E-state index < -0.39 is 11.9 Å². The fraction of sp³-hybridized carbons (Fsp3) is 0.700. The lowest BCUT2D eigenvalue weighted by Crippen LogP contribution is -2.34. The molecular weight excluding hydrogens is 304 g/mol. The summed E-state index contributed by atoms with van der Waals surface area (Å²) in [5.41, 5.74) is -0.295. The number of hydrogen-bond acceptors (Lipinski definition) is 4. The van der Waals surface area contributed by atoms with E-state index in [9.17, 15) is 9.59 Å². The Kier molecular flexibility index (Phi) is 10.1. The molecule has 1 rings (SSSR count). The SMILES string of the molecule is C=CC(=O)OCC1(COC(=O)C=C)CCCCCCCCCCC1. The van der Waals surface area contributed by atoms with E-state index in [1.165, 1.54) is 57.1 Å². The molecule has 0 amide bonds. The molecule has 0 aliphatic heterocycles. The van der Waals surface area contributed by atoms with Crippen molar-refractivity contribution in [2.24, 2.45) is 5.41 Å². The standard InChI is InChI=1S/C20H32O4/c1-3-18(21)23-16-20(17-24-19(22)4-2)14-12-10-8-6-5-7-9-11-13-15-20/h3-4H,1-2,5-17H2. The summed E-state index contributed by atoms with van der Waals surface area (Å²) in [4.78, 5) is 23.0. The number of rotatable bonds is 6. The molecule has 0 aromatic heterocycles. The molecule has 1 aliphatic carbocycles. The second-order valence-corrected chi connectivity index (χ2v) is 6.81. The average Bonchev–Trinajstić information content (AvgIpc) is 2.59. The maximum absolute atomic E-state index is 11.5. The molecule has 0 N–H and O–H groups in total. The van der Waals surface area contributed by atoms with Crippen molar-refractivity contribution in [1.29, 1.82) is 0 Å². The van der Waals surface area contributed by atoms with Gasteiger partial charge in [-0.1, -0.05) is 70.9 Å². The summed E-state index contributed by atoms with van der Waals surface area (Å²) in [6.45, 7) is 7.45. The van der Waals surface area contributed by atoms with Gasteiger partial charge in [0.1, 0.15) is 13.2 Å². The van der Waals surface area contributed by atoms with Gasteiger partial charge in [0.25, 0.3) is 0 Å². The molecule has 1 aliphatic rings. The number of esters is 2. The van der Waals surface area contributed by atoms with Gasteiger partial charge in [0.15, 0.2) is 0 Å². The van der Waals surface area contributed by atoms with Crippen LogP contribution in [0.2, 0.25) is 0 Å². The average molecular weight is 336 g/mol. The Balaban J connectivity index is 2.75. The maximum atomic E-state index is 11.5. The first-order chi connectivity index (χ1) is 11.6. The highest BCUT2D eigenvalue weighted by Crippen LogP contribution is 2.34. The molecule has 0 aromatic carbocycles. The van der Waals surface area contributed by atoms with E-state index in [-0.39, 0.29) is 18.6 Å². The van der Waals surface area contributed by atoms with Crippen LogP contribution in [0.4, 0.5) is 0 Å². The van der Waals surface area contributed by atoms with Crippen LogP contribution in [-0.2, 0) is 19.1 Å². The first-order valence-corrected chi connectivity index (χ1v) is 9.20. The summed E-state index contributed by atoms with van der Waals surface area (Å²) < 4.78 is 10.7. The highest BCUT2D eigenvalue weighted by atomic mass is 16.5. The minimum absolute atomic E-state index is 0.280. The molecule has 24 heavy (non-hydrogen) atoms. The Hall–Kier alpha value is -1.58. The van der Waals surface area contributed by atoms with E-state index >= 15 is 0 Å². The molecule has 0 atom stereocenters. The topological polar surface area (TPSA) is 52.6 Å². The van der Waals surface area contributed by atoms with Crippen LogP contribution in [0.15, 0.2) is 25.3 Å². The van der Waals surface area contributed by atoms with Crippen LogP contribution in [0.3, 0.4) is 0 Å². The number of carbonyl (C=O) groups excluding carboxylic acids is 2. The molecule has 1 fully saturated rings. The predicted octanol–water partition coefficient (Wildman–Crippen LogP) is 4.74. The van der Waals surface area contributed by atoms with Crippen LogP contribution < -0.4 is 0 Å². The Labute approximate surface area is 146 Å². The fourth-order valence-corrected chi connectivity index (χ4v) is 3.26. The van der Waals surface area contributed by atoms with E-state index in [4.69, 9.17) is 9.47 Å². The Morgan fingerprint density at radius 2 is 1.04 bits per heavy atom. The van der Waals surface area contributed by atoms with Gasteiger partial charge in [0, 0.05) is 17.6 Å². The van der Waals surface area contributed by atoms with Crippen LogP contribution in [-0.4, -0.2) is 25.2 Å². The summed E-state index contributed by atoms with van der Waals surface area (Å²) in [5.74, 6) is -0.842. The van der Waals surface area contributed by atoms with Crippen LogP contribution in [0.5, 0.6) is 0 Å². The largest absolute Gasteiger partial charge is 0.462 e. The normalized spacial score (nSPS) is 19.2. The van der Waals surface area contributed by atoms with Crippen molar-refractivity contribution in [3.05, 3.63) is 25.3 Å². The molecular formula is C20H32O4. The number of hydrogen-bond donors (Lipinski definition) is 0. The first kappa shape index (κ1) is 20.5. The molecule has 0 heterocycles. The van der Waals surface area contributed by atoms with Gasteiger partial charge >= 0.3 is 11.9 Å². The Bertz CT molecular complexity index is 376. The summed E-state index contributed by atoms with van der Waals surface area (Å²) in [5, 5.41) is 0. The minimum atomic E-state index is -0.421. The lowest BCUT2D eigenvalue weighted by atomic mass is 9.78. The van der Waals surface area contributed by atoms with Gasteiger partial charge < -0.3 is 9.47 Å². The van der Waals surface area contributed by atoms with Crippen molar-refractivity contribution in [3.8, 4) is 0 Å². The lowest BCUT2D eigenvalue weighted by molar-refractivity contribution is -0.149. The van der Waals surface area contributed by atoms with Crippen molar-refractivity contribution < 1.29 is 19.1 Å². The zero-order valence-electron chi connectivity index (χ0n) is 14.9. The summed E-state index contributed by atoms with van der Waals surface area (Å²) in [6, 6.07) is 0. The van der Waals surface area contributed by atoms with E-state index in [0.717, 1.165) is 25.7 Å². The van der Waals surface area contributed by atoms with Gasteiger partial charge in [-0.3, -0.25) is 0 Å². The third-order valence-corrected chi connectivity index (χ3v) is 4.79. The molecule has 4 heteroatoms. The Morgan fingerprint density at radius 1 is 0.708 bits per heavy atom. The van der Waals surface area contributed by atoms with Crippen molar-refractivity contribution in [3.63, 3.8) is 0 Å². The molecule has 0 aromatic rings. The highest BCUT2D eigenvalue weighted by molar-refractivity contribution is 5.81. The lowest BCUT2D eigenvalue weighted by Gasteiger charge is -2.33. The third kappa shape index (κ3) is 8.32. The molecule has 0 unspecified atom stereocenters. The predicted molar refractivity (Wildman–Crippen MR) is 95.5 cm³/mol. The number of carbonyl (C=O) groups is 2. The summed E-state index contributed by atoms with van der Waals surface area (Å²) in [6.07, 6.45) is 15.1. The van der Waals surface area contributed by atoms with Crippen molar-refractivity contribution >= 4 is 11.9 Å². The fourth-order valence-electron chi connectivity index (χ4n) is 3.26. The Morgan fingerprint density at radius 3 is 1.38 bits per heavy atom. The van der Waals surface area contributed by atoms with Crippen LogP contribution >= 0.6 is 0 Å². The summed E-state index contributed by atoms with van der Waals surface area (Å²) in [7, 11) is 0. The second-order valence-electron chi connectivity index (χ2n) is 6.81. The smallest absolute Gasteiger partial charge is 0.330 e. The zero-order valence-corrected chi connectivity index (χ0v) is 14.9. The van der Waals surface area contributed by atoms with Gasteiger partial charge in [0.2, 0.25) is 0 Å². The van der Waals surface area contributed by atoms with Crippen molar-refractivity contribution in [2.45, 2.75) is 70.6 Å². The maximum Gasteiger partial charge on any atom is 0.330 e. The van der Waals surface area contributed by atoms with E-state index in [1.54, 1.807) is 0 Å². The molecule has 4 nitrogen and oxygen atoms in total. The molecule has 0 radical (unpaired) electrons. The molecule has 1 saturated carbocycles. The van der Waals surface area contributed by atoms with Gasteiger partial charge in [-0.25, -0.2) is 9.59 Å². The first-order valence-electron chi connectivity index (χ1n) is 9.20. The minimum Gasteiger partial charge on any atom is -0.462 e. The zero-order chi connectivity index (χ0) is 17.7. The molecule has 0 spiro atoms. The monoisotopic (exact) mass is 336 g/mol. The van der Waals surface area contributed by atoms with Gasteiger partial charge in [-0.2, -0.15) is 0 Å². The molecule has 0 bridgehead atoms. The highest BCUT2D eigenvalue weighted by Gasteiger charge is 2.32. The van der Waals surface area contributed by atoms with E-state index in [0.29, 0.717) is 0 Å². The van der Waals surface area contributed by atoms with E-state index in [1.807, 2.05) is 0 Å². The number of ether oxygens (including phenoxy) is 2. The third-order valence-electron chi connectivity index (χ3n) is 4.79. The van der Waals surface area contributed by atoms with Crippen molar-refractivity contribution in [2.75, 3.05) is 13.2 Å². The molecule has 136 valence electrons. The van der Waals surface area contributed by atoms with Crippen LogP contribution in [0.1, 0.15) is 70.6 Å². The molecule has 0 saturated heterocycles. The van der Waals surface area contributed by atoms with E-state index in [2.05, 4.69) is 13.2 Å². The van der Waals surface area contributed by atoms with Gasteiger partial charge in [0.05, 0.1) is 0 Å². The van der Waals surface area contributed by atoms with Gasteiger partial charge in [-0.15, -0.1) is 0 Å². The van der Waals surface area contributed by atoms with Gasteiger partial charge in [-0.05, 0) is 12.8 Å². The quantitative estimate of drug-likeness (QED) is 0.519. The second kappa shape index (κ2) is 11.9. The summed E-state index contributed by atoms with van der Waals surface area (Å²) >= 11 is 0. The van der Waals surface area contributed by atoms with Crippen molar-refractivity contribution in [1.82, 2.24) is 0 Å². The van der Waals surface area contributed by atoms with Crippen LogP contribution in [0.25, 0.3) is 0 Å².